The minimum atomic E-state index is -0.195. The number of hydrogen-bond donors (Lipinski definition) is 3. The Kier molecular flexibility index (Phi) is 7.99. The first-order chi connectivity index (χ1) is 12.2. The monoisotopic (exact) mass is 339 g/mol. The molecule has 2 aromatic rings. The lowest BCUT2D eigenvalue weighted by atomic mass is 10.00. The molecule has 0 fully saturated rings. The van der Waals surface area contributed by atoms with Gasteiger partial charge in [-0.3, -0.25) is 0 Å². The highest BCUT2D eigenvalue weighted by molar-refractivity contribution is 5.89. The molecule has 0 saturated heterocycles. The Morgan fingerprint density at radius 2 is 1.88 bits per heavy atom. The van der Waals surface area contributed by atoms with Crippen molar-refractivity contribution in [3.05, 3.63) is 65.7 Å². The van der Waals surface area contributed by atoms with Crippen LogP contribution in [0.3, 0.4) is 0 Å². The van der Waals surface area contributed by atoms with E-state index in [0.717, 1.165) is 25.1 Å². The standard InChI is InChI=1S/C21H29N3O/c1-3-4-13-20(23-15-14-17-9-6-5-7-10-17)18-11-8-12-19(16-18)24-21(25)22-2/h5-12,16,20,23H,3-4,13-15H2,1-2H3,(H2,22,24,25). The molecule has 0 saturated carbocycles. The van der Waals surface area contributed by atoms with E-state index >= 15 is 0 Å². The van der Waals surface area contributed by atoms with Crippen molar-refractivity contribution in [2.75, 3.05) is 18.9 Å². The van der Waals surface area contributed by atoms with Crippen molar-refractivity contribution in [1.29, 1.82) is 0 Å². The Hall–Kier alpha value is -2.33. The van der Waals surface area contributed by atoms with Gasteiger partial charge in [0.05, 0.1) is 0 Å². The molecular weight excluding hydrogens is 310 g/mol. The largest absolute Gasteiger partial charge is 0.341 e. The Morgan fingerprint density at radius 1 is 1.08 bits per heavy atom. The summed E-state index contributed by atoms with van der Waals surface area (Å²) in [6.45, 7) is 3.15. The van der Waals surface area contributed by atoms with Gasteiger partial charge in [-0.1, -0.05) is 62.2 Å². The van der Waals surface area contributed by atoms with Crippen molar-refractivity contribution >= 4 is 11.7 Å². The molecule has 0 aliphatic heterocycles. The normalized spacial score (nSPS) is 11.8. The maximum absolute atomic E-state index is 11.5. The molecule has 4 heteroatoms. The number of carbonyl (C=O) groups excluding carboxylic acids is 1. The van der Waals surface area contributed by atoms with Crippen molar-refractivity contribution < 1.29 is 4.79 Å². The van der Waals surface area contributed by atoms with Gasteiger partial charge in [0.15, 0.2) is 0 Å². The predicted octanol–water partition coefficient (Wildman–Crippen LogP) is 4.50. The number of unbranched alkanes of at least 4 members (excludes halogenated alkanes) is 1. The number of anilines is 1. The fourth-order valence-corrected chi connectivity index (χ4v) is 2.86. The van der Waals surface area contributed by atoms with Gasteiger partial charge in [0.2, 0.25) is 0 Å². The summed E-state index contributed by atoms with van der Waals surface area (Å²) in [4.78, 5) is 11.5. The van der Waals surface area contributed by atoms with Gasteiger partial charge < -0.3 is 16.0 Å². The summed E-state index contributed by atoms with van der Waals surface area (Å²) < 4.78 is 0. The van der Waals surface area contributed by atoms with Crippen LogP contribution in [0, 0.1) is 0 Å². The van der Waals surface area contributed by atoms with Gasteiger partial charge in [0, 0.05) is 18.8 Å². The first-order valence-electron chi connectivity index (χ1n) is 9.09. The van der Waals surface area contributed by atoms with Crippen LogP contribution in [0.4, 0.5) is 10.5 Å². The number of nitrogens with one attached hydrogen (secondary N) is 3. The van der Waals surface area contributed by atoms with E-state index in [4.69, 9.17) is 0 Å². The SMILES string of the molecule is CCCCC(NCCc1ccccc1)c1cccc(NC(=O)NC)c1. The number of urea groups is 1. The lowest BCUT2D eigenvalue weighted by molar-refractivity contribution is 0.254. The van der Waals surface area contributed by atoms with Gasteiger partial charge in [0.1, 0.15) is 0 Å². The van der Waals surface area contributed by atoms with Crippen LogP contribution in [0.25, 0.3) is 0 Å². The molecule has 2 aromatic carbocycles. The number of carbonyl (C=O) groups is 1. The van der Waals surface area contributed by atoms with Gasteiger partial charge >= 0.3 is 6.03 Å². The lowest BCUT2D eigenvalue weighted by Crippen LogP contribution is -2.25. The summed E-state index contributed by atoms with van der Waals surface area (Å²) >= 11 is 0. The van der Waals surface area contributed by atoms with E-state index in [9.17, 15) is 4.79 Å². The Morgan fingerprint density at radius 3 is 2.60 bits per heavy atom. The maximum atomic E-state index is 11.5. The van der Waals surface area contributed by atoms with Crippen molar-refractivity contribution in [1.82, 2.24) is 10.6 Å². The van der Waals surface area contributed by atoms with Crippen LogP contribution in [-0.4, -0.2) is 19.6 Å². The maximum Gasteiger partial charge on any atom is 0.318 e. The van der Waals surface area contributed by atoms with Gasteiger partial charge in [-0.25, -0.2) is 4.79 Å². The molecular formula is C21H29N3O. The van der Waals surface area contributed by atoms with Crippen molar-refractivity contribution in [3.63, 3.8) is 0 Å². The van der Waals surface area contributed by atoms with Crippen molar-refractivity contribution in [3.8, 4) is 0 Å². The Balaban J connectivity index is 2.00. The molecule has 0 heterocycles. The highest BCUT2D eigenvalue weighted by Gasteiger charge is 2.11. The third-order valence-electron chi connectivity index (χ3n) is 4.27. The summed E-state index contributed by atoms with van der Waals surface area (Å²) in [6.07, 6.45) is 4.46. The van der Waals surface area contributed by atoms with Crippen molar-refractivity contribution in [2.45, 2.75) is 38.6 Å². The minimum absolute atomic E-state index is 0.195. The first-order valence-corrected chi connectivity index (χ1v) is 9.09. The molecule has 4 nitrogen and oxygen atoms in total. The van der Waals surface area contributed by atoms with E-state index in [1.165, 1.54) is 24.0 Å². The molecule has 0 bridgehead atoms. The second kappa shape index (κ2) is 10.5. The molecule has 3 N–H and O–H groups in total. The Bertz CT molecular complexity index is 643. The Labute approximate surface area is 151 Å². The van der Waals surface area contributed by atoms with E-state index in [0.29, 0.717) is 6.04 Å². The summed E-state index contributed by atoms with van der Waals surface area (Å²) in [6, 6.07) is 18.7. The van der Waals surface area contributed by atoms with Crippen LogP contribution in [0.2, 0.25) is 0 Å². The molecule has 134 valence electrons. The molecule has 1 unspecified atom stereocenters. The van der Waals surface area contributed by atoms with Crippen molar-refractivity contribution in [2.24, 2.45) is 0 Å². The van der Waals surface area contributed by atoms with Crippen LogP contribution in [0.1, 0.15) is 43.4 Å². The number of benzene rings is 2. The number of rotatable bonds is 9. The number of amides is 2. The molecule has 25 heavy (non-hydrogen) atoms. The van der Waals surface area contributed by atoms with Crippen LogP contribution in [0.5, 0.6) is 0 Å². The predicted molar refractivity (Wildman–Crippen MR) is 105 cm³/mol. The smallest absolute Gasteiger partial charge is 0.318 e. The van der Waals surface area contributed by atoms with Gasteiger partial charge in [0.25, 0.3) is 0 Å². The van der Waals surface area contributed by atoms with E-state index in [2.05, 4.69) is 59.3 Å². The average molecular weight is 339 g/mol. The van der Waals surface area contributed by atoms with Gasteiger partial charge in [-0.15, -0.1) is 0 Å². The molecule has 0 aliphatic carbocycles. The minimum Gasteiger partial charge on any atom is -0.341 e. The zero-order valence-electron chi connectivity index (χ0n) is 15.2. The van der Waals surface area contributed by atoms with E-state index in [1.807, 2.05) is 18.2 Å². The zero-order valence-corrected chi connectivity index (χ0v) is 15.2. The third-order valence-corrected chi connectivity index (χ3v) is 4.27. The second-order valence-electron chi connectivity index (χ2n) is 6.21. The van der Waals surface area contributed by atoms with Crippen LogP contribution in [0.15, 0.2) is 54.6 Å². The molecule has 2 amide bonds. The topological polar surface area (TPSA) is 53.2 Å². The lowest BCUT2D eigenvalue weighted by Gasteiger charge is -2.20. The molecule has 0 aliphatic rings. The summed E-state index contributed by atoms with van der Waals surface area (Å²) in [7, 11) is 1.62. The summed E-state index contributed by atoms with van der Waals surface area (Å²) in [5, 5.41) is 9.12. The second-order valence-corrected chi connectivity index (χ2v) is 6.21. The fourth-order valence-electron chi connectivity index (χ4n) is 2.86. The van der Waals surface area contributed by atoms with Crippen LogP contribution >= 0.6 is 0 Å². The van der Waals surface area contributed by atoms with E-state index < -0.39 is 0 Å². The average Bonchev–Trinajstić information content (AvgIpc) is 2.65. The van der Waals surface area contributed by atoms with Gasteiger partial charge in [-0.05, 0) is 42.6 Å². The summed E-state index contributed by atoms with van der Waals surface area (Å²) in [5.41, 5.74) is 3.39. The van der Waals surface area contributed by atoms with Crippen LogP contribution < -0.4 is 16.0 Å². The highest BCUT2D eigenvalue weighted by Crippen LogP contribution is 2.22. The molecule has 0 spiro atoms. The number of hydrogen-bond acceptors (Lipinski definition) is 2. The van der Waals surface area contributed by atoms with Gasteiger partial charge in [-0.2, -0.15) is 0 Å². The molecule has 0 aromatic heterocycles. The quantitative estimate of drug-likeness (QED) is 0.630. The molecule has 0 radical (unpaired) electrons. The first kappa shape index (κ1) is 19.0. The van der Waals surface area contributed by atoms with E-state index in [-0.39, 0.29) is 6.03 Å². The fraction of sp³-hybridized carbons (Fsp3) is 0.381. The highest BCUT2D eigenvalue weighted by atomic mass is 16.2. The molecule has 2 rings (SSSR count). The summed E-state index contributed by atoms with van der Waals surface area (Å²) in [5.74, 6) is 0. The van der Waals surface area contributed by atoms with Crippen LogP contribution in [-0.2, 0) is 6.42 Å². The molecule has 1 atom stereocenters. The van der Waals surface area contributed by atoms with E-state index in [1.54, 1.807) is 7.05 Å². The third kappa shape index (κ3) is 6.59. The zero-order chi connectivity index (χ0) is 17.9.